The Bertz CT molecular complexity index is 631. The van der Waals surface area contributed by atoms with Crippen LogP contribution in [-0.4, -0.2) is 11.4 Å². The Morgan fingerprint density at radius 3 is 2.30 bits per heavy atom. The van der Waals surface area contributed by atoms with E-state index in [0.717, 1.165) is 11.1 Å². The van der Waals surface area contributed by atoms with Crippen LogP contribution in [-0.2, 0) is 9.53 Å². The molecule has 1 aliphatic heterocycles. The predicted molar refractivity (Wildman–Crippen MR) is 79.2 cm³/mol. The van der Waals surface area contributed by atoms with Crippen LogP contribution in [0.25, 0.3) is 6.08 Å². The number of carbonyl (C=O) groups excluding carboxylic acids is 1. The molecule has 2 atom stereocenters. The number of hydrogen-bond acceptors (Lipinski definition) is 2. The summed E-state index contributed by atoms with van der Waals surface area (Å²) in [6.45, 7) is 1.85. The largest absolute Gasteiger partial charge is 0.353 e. The molecule has 0 saturated carbocycles. The first-order valence-electron chi connectivity index (χ1n) is 6.70. The van der Waals surface area contributed by atoms with E-state index < -0.39 is 5.60 Å². The molecule has 0 N–H and O–H groups in total. The minimum atomic E-state index is -0.716. The Hall–Kier alpha value is -2.19. The van der Waals surface area contributed by atoms with Crippen LogP contribution in [0, 0.1) is 0 Å². The van der Waals surface area contributed by atoms with Gasteiger partial charge in [-0.2, -0.15) is 0 Å². The van der Waals surface area contributed by atoms with Crippen LogP contribution in [0.5, 0.6) is 0 Å². The molecule has 0 aliphatic carbocycles. The summed E-state index contributed by atoms with van der Waals surface area (Å²) >= 11 is 0. The van der Waals surface area contributed by atoms with Gasteiger partial charge in [0.15, 0.2) is 11.4 Å². The van der Waals surface area contributed by atoms with Gasteiger partial charge < -0.3 is 4.74 Å². The van der Waals surface area contributed by atoms with E-state index in [1.54, 1.807) is 6.08 Å². The highest BCUT2D eigenvalue weighted by molar-refractivity contribution is 6.02. The van der Waals surface area contributed by atoms with Crippen molar-refractivity contribution in [2.24, 2.45) is 0 Å². The second kappa shape index (κ2) is 5.06. The van der Waals surface area contributed by atoms with Gasteiger partial charge >= 0.3 is 0 Å². The SMILES string of the molecule is CC1(C(=O)/C=C/c2ccccc2)OC1c1ccccc1. The summed E-state index contributed by atoms with van der Waals surface area (Å²) < 4.78 is 5.64. The summed E-state index contributed by atoms with van der Waals surface area (Å²) in [5.74, 6) is 0.00945. The van der Waals surface area contributed by atoms with Gasteiger partial charge in [-0.3, -0.25) is 4.79 Å². The summed E-state index contributed by atoms with van der Waals surface area (Å²) in [5, 5.41) is 0. The number of benzene rings is 2. The number of hydrogen-bond donors (Lipinski definition) is 0. The molecule has 2 unspecified atom stereocenters. The fraction of sp³-hybridized carbons (Fsp3) is 0.167. The van der Waals surface area contributed by atoms with Gasteiger partial charge in [-0.15, -0.1) is 0 Å². The summed E-state index contributed by atoms with van der Waals surface area (Å²) in [6.07, 6.45) is 3.31. The first-order chi connectivity index (χ1) is 9.70. The summed E-state index contributed by atoms with van der Waals surface area (Å²) in [7, 11) is 0. The Labute approximate surface area is 118 Å². The molecule has 0 spiro atoms. The predicted octanol–water partition coefficient (Wildman–Crippen LogP) is 3.80. The van der Waals surface area contributed by atoms with E-state index in [-0.39, 0.29) is 11.9 Å². The molecule has 1 saturated heterocycles. The van der Waals surface area contributed by atoms with Crippen molar-refractivity contribution in [2.75, 3.05) is 0 Å². The van der Waals surface area contributed by atoms with Crippen LogP contribution in [0.3, 0.4) is 0 Å². The third kappa shape index (κ3) is 2.43. The zero-order chi connectivity index (χ0) is 14.0. The molecule has 2 aromatic carbocycles. The van der Waals surface area contributed by atoms with Crippen molar-refractivity contribution < 1.29 is 9.53 Å². The minimum Gasteiger partial charge on any atom is -0.353 e. The van der Waals surface area contributed by atoms with E-state index in [0.29, 0.717) is 0 Å². The molecular formula is C18H16O2. The second-order valence-electron chi connectivity index (χ2n) is 5.12. The van der Waals surface area contributed by atoms with Gasteiger partial charge in [0.05, 0.1) is 0 Å². The molecule has 0 amide bonds. The number of rotatable bonds is 4. The van der Waals surface area contributed by atoms with E-state index >= 15 is 0 Å². The van der Waals surface area contributed by atoms with Crippen molar-refractivity contribution in [3.05, 3.63) is 77.9 Å². The van der Waals surface area contributed by atoms with Crippen LogP contribution in [0.1, 0.15) is 24.2 Å². The first kappa shape index (κ1) is 12.8. The molecule has 2 nitrogen and oxygen atoms in total. The van der Waals surface area contributed by atoms with Gasteiger partial charge in [0.2, 0.25) is 0 Å². The minimum absolute atomic E-state index is 0.00945. The molecular weight excluding hydrogens is 248 g/mol. The standard InChI is InChI=1S/C18H16O2/c1-18(17(20-18)15-10-6-3-7-11-15)16(19)13-12-14-8-4-2-5-9-14/h2-13,17H,1H3/b13-12+. The Morgan fingerprint density at radius 1 is 1.05 bits per heavy atom. The third-order valence-corrected chi connectivity index (χ3v) is 3.62. The van der Waals surface area contributed by atoms with Crippen LogP contribution in [0.2, 0.25) is 0 Å². The van der Waals surface area contributed by atoms with Crippen molar-refractivity contribution in [3.8, 4) is 0 Å². The topological polar surface area (TPSA) is 29.6 Å². The fourth-order valence-corrected chi connectivity index (χ4v) is 2.31. The van der Waals surface area contributed by atoms with E-state index in [4.69, 9.17) is 4.74 Å². The molecule has 0 bridgehead atoms. The summed E-state index contributed by atoms with van der Waals surface area (Å²) in [6, 6.07) is 19.6. The van der Waals surface area contributed by atoms with Gasteiger partial charge in [0.1, 0.15) is 6.10 Å². The molecule has 0 aromatic heterocycles. The van der Waals surface area contributed by atoms with Crippen molar-refractivity contribution in [1.82, 2.24) is 0 Å². The first-order valence-corrected chi connectivity index (χ1v) is 6.70. The zero-order valence-corrected chi connectivity index (χ0v) is 11.3. The van der Waals surface area contributed by atoms with Crippen molar-refractivity contribution in [3.63, 3.8) is 0 Å². The number of ether oxygens (including phenoxy) is 1. The fourth-order valence-electron chi connectivity index (χ4n) is 2.31. The monoisotopic (exact) mass is 264 g/mol. The van der Waals surface area contributed by atoms with Crippen molar-refractivity contribution in [2.45, 2.75) is 18.6 Å². The smallest absolute Gasteiger partial charge is 0.190 e. The maximum absolute atomic E-state index is 12.3. The molecule has 20 heavy (non-hydrogen) atoms. The van der Waals surface area contributed by atoms with E-state index in [1.807, 2.05) is 73.7 Å². The third-order valence-electron chi connectivity index (χ3n) is 3.62. The van der Waals surface area contributed by atoms with Gasteiger partial charge in [-0.25, -0.2) is 0 Å². The lowest BCUT2D eigenvalue weighted by atomic mass is 9.96. The highest BCUT2D eigenvalue weighted by Gasteiger charge is 2.57. The quantitative estimate of drug-likeness (QED) is 0.621. The second-order valence-corrected chi connectivity index (χ2v) is 5.12. The Kier molecular flexibility index (Phi) is 3.25. The number of carbonyl (C=O) groups is 1. The zero-order valence-electron chi connectivity index (χ0n) is 11.3. The van der Waals surface area contributed by atoms with E-state index in [2.05, 4.69) is 0 Å². The molecule has 2 heteroatoms. The highest BCUT2D eigenvalue weighted by atomic mass is 16.6. The normalized spacial score (nSPS) is 24.8. The maximum atomic E-state index is 12.3. The van der Waals surface area contributed by atoms with Gasteiger partial charge in [0.25, 0.3) is 0 Å². The van der Waals surface area contributed by atoms with Crippen LogP contribution in [0.4, 0.5) is 0 Å². The van der Waals surface area contributed by atoms with Crippen molar-refractivity contribution in [1.29, 1.82) is 0 Å². The molecule has 1 aliphatic rings. The summed E-state index contributed by atoms with van der Waals surface area (Å²) in [5.41, 5.74) is 1.35. The lowest BCUT2D eigenvalue weighted by Crippen LogP contribution is -2.18. The molecule has 1 fully saturated rings. The van der Waals surface area contributed by atoms with Crippen LogP contribution >= 0.6 is 0 Å². The number of ketones is 1. The average molecular weight is 264 g/mol. The van der Waals surface area contributed by atoms with Gasteiger partial charge in [-0.1, -0.05) is 66.7 Å². The van der Waals surface area contributed by atoms with Gasteiger partial charge in [-0.05, 0) is 24.1 Å². The van der Waals surface area contributed by atoms with Gasteiger partial charge in [0, 0.05) is 0 Å². The van der Waals surface area contributed by atoms with E-state index in [1.165, 1.54) is 0 Å². The maximum Gasteiger partial charge on any atom is 0.190 e. The molecule has 2 aromatic rings. The number of epoxide rings is 1. The Balaban J connectivity index is 1.71. The lowest BCUT2D eigenvalue weighted by Gasteiger charge is -2.01. The molecule has 3 rings (SSSR count). The Morgan fingerprint density at radius 2 is 1.65 bits per heavy atom. The van der Waals surface area contributed by atoms with Crippen LogP contribution in [0.15, 0.2) is 66.7 Å². The van der Waals surface area contributed by atoms with Crippen LogP contribution < -0.4 is 0 Å². The van der Waals surface area contributed by atoms with E-state index in [9.17, 15) is 4.79 Å². The molecule has 1 heterocycles. The lowest BCUT2D eigenvalue weighted by molar-refractivity contribution is -0.118. The molecule has 0 radical (unpaired) electrons. The average Bonchev–Trinajstić information content (AvgIpc) is 3.20. The summed E-state index contributed by atoms with van der Waals surface area (Å²) in [4.78, 5) is 12.3. The molecule has 100 valence electrons. The van der Waals surface area contributed by atoms with Crippen molar-refractivity contribution >= 4 is 11.9 Å². The highest BCUT2D eigenvalue weighted by Crippen LogP contribution is 2.50.